The smallest absolute Gasteiger partial charge is 0.408 e. The molecule has 1 amide bonds. The maximum Gasteiger partial charge on any atom is 0.408 e. The van der Waals surface area contributed by atoms with Gasteiger partial charge in [0.25, 0.3) is 0 Å². The van der Waals surface area contributed by atoms with Crippen LogP contribution in [0.4, 0.5) is 4.79 Å². The second-order valence-electron chi connectivity index (χ2n) is 4.05. The van der Waals surface area contributed by atoms with Gasteiger partial charge in [-0.1, -0.05) is 12.7 Å². The van der Waals surface area contributed by atoms with Crippen LogP contribution in [0.3, 0.4) is 0 Å². The van der Waals surface area contributed by atoms with Crippen molar-refractivity contribution in [3.05, 3.63) is 12.7 Å². The minimum Gasteiger partial charge on any atom is -0.480 e. The van der Waals surface area contributed by atoms with Crippen molar-refractivity contribution in [3.8, 4) is 0 Å². The zero-order valence-electron chi connectivity index (χ0n) is 9.72. The molecule has 0 atom stereocenters. The van der Waals surface area contributed by atoms with Crippen molar-refractivity contribution >= 4 is 21.9 Å². The average Bonchev–Trinajstić information content (AvgIpc) is 2.29. The van der Waals surface area contributed by atoms with E-state index in [4.69, 9.17) is 5.11 Å². The molecule has 0 aromatic carbocycles. The van der Waals surface area contributed by atoms with Crippen LogP contribution in [0.25, 0.3) is 0 Å². The molecule has 0 radical (unpaired) electrons. The maximum atomic E-state index is 11.3. The fourth-order valence-corrected chi connectivity index (χ4v) is 3.17. The average molecular weight is 277 g/mol. The molecule has 1 heterocycles. The van der Waals surface area contributed by atoms with Gasteiger partial charge >= 0.3 is 12.1 Å². The number of hydrogen-bond donors (Lipinski definition) is 2. The predicted molar refractivity (Wildman–Crippen MR) is 62.9 cm³/mol. The molecule has 1 fully saturated rings. The number of amides is 1. The Kier molecular flexibility index (Phi) is 4.33. The van der Waals surface area contributed by atoms with Crippen LogP contribution < -0.4 is 5.32 Å². The standard InChI is InChI=1S/C10H15NO6S/c1-2-5-17-9(14)11-10(8(12)13)3-6-18(15,16)7-4-10/h2H,1,3-7H2,(H,11,14)(H,12,13). The Labute approximate surface area is 105 Å². The van der Waals surface area contributed by atoms with Gasteiger partial charge in [-0.25, -0.2) is 18.0 Å². The zero-order valence-corrected chi connectivity index (χ0v) is 10.5. The molecule has 0 bridgehead atoms. The third-order valence-corrected chi connectivity index (χ3v) is 4.41. The van der Waals surface area contributed by atoms with Gasteiger partial charge in [-0.15, -0.1) is 0 Å². The summed E-state index contributed by atoms with van der Waals surface area (Å²) in [6.07, 6.45) is 0.136. The second kappa shape index (κ2) is 5.38. The molecule has 0 unspecified atom stereocenters. The molecule has 7 nitrogen and oxygen atoms in total. The first kappa shape index (κ1) is 14.5. The lowest BCUT2D eigenvalue weighted by Crippen LogP contribution is -2.58. The molecule has 102 valence electrons. The number of carboxylic acids is 1. The van der Waals surface area contributed by atoms with Gasteiger partial charge in [-0.05, 0) is 12.8 Å². The number of carbonyl (C=O) groups excluding carboxylic acids is 1. The van der Waals surface area contributed by atoms with E-state index in [9.17, 15) is 18.0 Å². The number of alkyl carbamates (subject to hydrolysis) is 1. The highest BCUT2D eigenvalue weighted by molar-refractivity contribution is 7.91. The molecule has 2 N–H and O–H groups in total. The van der Waals surface area contributed by atoms with Crippen molar-refractivity contribution in [2.75, 3.05) is 18.1 Å². The Hall–Kier alpha value is -1.57. The first-order chi connectivity index (χ1) is 8.31. The number of nitrogens with one attached hydrogen (secondary N) is 1. The molecule has 0 spiro atoms. The van der Waals surface area contributed by atoms with E-state index in [0.717, 1.165) is 0 Å². The van der Waals surface area contributed by atoms with Crippen molar-refractivity contribution in [1.29, 1.82) is 0 Å². The minimum atomic E-state index is -3.21. The summed E-state index contributed by atoms with van der Waals surface area (Å²) in [6, 6.07) is 0. The largest absolute Gasteiger partial charge is 0.480 e. The fraction of sp³-hybridized carbons (Fsp3) is 0.600. The summed E-state index contributed by atoms with van der Waals surface area (Å²) in [4.78, 5) is 22.6. The van der Waals surface area contributed by atoms with Crippen LogP contribution in [0.2, 0.25) is 0 Å². The SMILES string of the molecule is C=CCOC(=O)NC1(C(=O)O)CCS(=O)(=O)CC1. The van der Waals surface area contributed by atoms with Crippen LogP contribution in [0.5, 0.6) is 0 Å². The highest BCUT2D eigenvalue weighted by Gasteiger charge is 2.45. The normalized spacial score (nSPS) is 20.7. The third kappa shape index (κ3) is 3.46. The lowest BCUT2D eigenvalue weighted by atomic mass is 9.93. The van der Waals surface area contributed by atoms with E-state index in [1.165, 1.54) is 6.08 Å². The topological polar surface area (TPSA) is 110 Å². The third-order valence-electron chi connectivity index (χ3n) is 2.76. The molecule has 18 heavy (non-hydrogen) atoms. The van der Waals surface area contributed by atoms with Crippen molar-refractivity contribution < 1.29 is 27.9 Å². The van der Waals surface area contributed by atoms with Gasteiger partial charge in [0.2, 0.25) is 0 Å². The molecule has 0 aromatic heterocycles. The predicted octanol–water partition coefficient (Wildman–Crippen LogP) is -0.0694. The number of hydrogen-bond acceptors (Lipinski definition) is 5. The maximum absolute atomic E-state index is 11.3. The summed E-state index contributed by atoms with van der Waals surface area (Å²) in [5.41, 5.74) is -1.57. The minimum absolute atomic E-state index is 0.0418. The Morgan fingerprint density at radius 3 is 2.39 bits per heavy atom. The highest BCUT2D eigenvalue weighted by atomic mass is 32.2. The van der Waals surface area contributed by atoms with Gasteiger partial charge < -0.3 is 15.2 Å². The molecule has 0 saturated carbocycles. The van der Waals surface area contributed by atoms with E-state index in [0.29, 0.717) is 0 Å². The molecule has 1 saturated heterocycles. The van der Waals surface area contributed by atoms with Crippen LogP contribution in [0, 0.1) is 0 Å². The fourth-order valence-electron chi connectivity index (χ4n) is 1.64. The van der Waals surface area contributed by atoms with Crippen LogP contribution in [0.1, 0.15) is 12.8 Å². The Bertz CT molecular complexity index is 441. The second-order valence-corrected chi connectivity index (χ2v) is 6.35. The molecular weight excluding hydrogens is 262 g/mol. The van der Waals surface area contributed by atoms with Gasteiger partial charge in [-0.3, -0.25) is 0 Å². The summed E-state index contributed by atoms with van der Waals surface area (Å²) in [6.45, 7) is 3.31. The Balaban J connectivity index is 2.74. The molecule has 0 aromatic rings. The lowest BCUT2D eigenvalue weighted by Gasteiger charge is -2.33. The zero-order chi connectivity index (χ0) is 13.8. The molecule has 1 rings (SSSR count). The first-order valence-electron chi connectivity index (χ1n) is 5.31. The Morgan fingerprint density at radius 1 is 1.39 bits per heavy atom. The lowest BCUT2D eigenvalue weighted by molar-refractivity contribution is -0.145. The Morgan fingerprint density at radius 2 is 1.94 bits per heavy atom. The molecule has 8 heteroatoms. The number of carbonyl (C=O) groups is 2. The molecule has 0 aliphatic carbocycles. The number of carboxylic acid groups (broad SMARTS) is 1. The van der Waals surface area contributed by atoms with E-state index < -0.39 is 27.4 Å². The monoisotopic (exact) mass is 277 g/mol. The summed E-state index contributed by atoms with van der Waals surface area (Å²) >= 11 is 0. The van der Waals surface area contributed by atoms with Gasteiger partial charge in [-0.2, -0.15) is 0 Å². The summed E-state index contributed by atoms with van der Waals surface area (Å²) < 4.78 is 27.2. The van der Waals surface area contributed by atoms with Gasteiger partial charge in [0, 0.05) is 0 Å². The number of ether oxygens (including phenoxy) is 1. The van der Waals surface area contributed by atoms with E-state index in [1.54, 1.807) is 0 Å². The molecule has 1 aliphatic rings. The number of rotatable bonds is 4. The summed E-state index contributed by atoms with van der Waals surface area (Å²) in [5.74, 6) is -1.78. The van der Waals surface area contributed by atoms with Crippen LogP contribution in [-0.4, -0.2) is 49.2 Å². The van der Waals surface area contributed by atoms with Crippen LogP contribution in [0.15, 0.2) is 12.7 Å². The van der Waals surface area contributed by atoms with Gasteiger partial charge in [0.05, 0.1) is 11.5 Å². The van der Waals surface area contributed by atoms with E-state index in [2.05, 4.69) is 16.6 Å². The number of sulfone groups is 1. The van der Waals surface area contributed by atoms with Crippen molar-refractivity contribution in [1.82, 2.24) is 5.32 Å². The van der Waals surface area contributed by atoms with Crippen LogP contribution in [-0.2, 0) is 19.4 Å². The first-order valence-corrected chi connectivity index (χ1v) is 7.13. The van der Waals surface area contributed by atoms with Crippen LogP contribution >= 0.6 is 0 Å². The van der Waals surface area contributed by atoms with Crippen molar-refractivity contribution in [3.63, 3.8) is 0 Å². The van der Waals surface area contributed by atoms with Gasteiger partial charge in [0.15, 0.2) is 9.84 Å². The highest BCUT2D eigenvalue weighted by Crippen LogP contribution is 2.24. The van der Waals surface area contributed by atoms with E-state index in [-0.39, 0.29) is 31.0 Å². The summed E-state index contributed by atoms with van der Waals surface area (Å²) in [7, 11) is -3.21. The van der Waals surface area contributed by atoms with Crippen molar-refractivity contribution in [2.45, 2.75) is 18.4 Å². The van der Waals surface area contributed by atoms with E-state index >= 15 is 0 Å². The van der Waals surface area contributed by atoms with E-state index in [1.807, 2.05) is 0 Å². The van der Waals surface area contributed by atoms with Crippen molar-refractivity contribution in [2.24, 2.45) is 0 Å². The summed E-state index contributed by atoms with van der Waals surface area (Å²) in [5, 5.41) is 11.4. The molecule has 1 aliphatic heterocycles. The molecular formula is C10H15NO6S. The number of aliphatic carboxylic acids is 1. The quantitative estimate of drug-likeness (QED) is 0.696. The van der Waals surface area contributed by atoms with Gasteiger partial charge in [0.1, 0.15) is 12.1 Å².